The van der Waals surface area contributed by atoms with Gasteiger partial charge in [-0.05, 0) is 46.0 Å². The molecule has 3 nitrogen and oxygen atoms in total. The van der Waals surface area contributed by atoms with Gasteiger partial charge in [0.1, 0.15) is 0 Å². The predicted octanol–water partition coefficient (Wildman–Crippen LogP) is 2.59. The minimum absolute atomic E-state index is 0.305. The van der Waals surface area contributed by atoms with Gasteiger partial charge in [0.25, 0.3) is 0 Å². The third kappa shape index (κ3) is 1.58. The van der Waals surface area contributed by atoms with E-state index in [-0.39, 0.29) is 0 Å². The van der Waals surface area contributed by atoms with E-state index in [0.717, 1.165) is 5.92 Å². The Balaban J connectivity index is 2.10. The van der Waals surface area contributed by atoms with Gasteiger partial charge >= 0.3 is 8.80 Å². The van der Waals surface area contributed by atoms with E-state index >= 15 is 0 Å². The fourth-order valence-corrected chi connectivity index (χ4v) is 6.93. The average Bonchev–Trinajstić information content (AvgIpc) is 1.99. The Kier molecular flexibility index (Phi) is 3.21. The van der Waals surface area contributed by atoms with Crippen LogP contribution in [0.5, 0.6) is 0 Å². The SMILES string of the molecule is CCO[Si](OCC)(OCC)C12CC(C1)C2. The van der Waals surface area contributed by atoms with Crippen LogP contribution in [0.1, 0.15) is 40.0 Å². The molecule has 0 amide bonds. The Morgan fingerprint density at radius 3 is 1.53 bits per heavy atom. The van der Waals surface area contributed by atoms with E-state index in [0.29, 0.717) is 24.9 Å². The highest BCUT2D eigenvalue weighted by Crippen LogP contribution is 2.75. The van der Waals surface area contributed by atoms with Crippen molar-refractivity contribution in [3.8, 4) is 0 Å². The van der Waals surface area contributed by atoms with Crippen molar-refractivity contribution in [2.45, 2.75) is 45.1 Å². The maximum atomic E-state index is 5.95. The fourth-order valence-electron chi connectivity index (χ4n) is 3.01. The number of hydrogen-bond acceptors (Lipinski definition) is 3. The summed E-state index contributed by atoms with van der Waals surface area (Å²) in [7, 11) is -2.37. The predicted molar refractivity (Wildman–Crippen MR) is 60.7 cm³/mol. The first kappa shape index (κ1) is 11.6. The Hall–Kier alpha value is 0.0969. The Morgan fingerprint density at radius 1 is 0.933 bits per heavy atom. The molecule has 3 fully saturated rings. The lowest BCUT2D eigenvalue weighted by molar-refractivity contribution is -0.0646. The van der Waals surface area contributed by atoms with Crippen LogP contribution in [0.2, 0.25) is 5.04 Å². The summed E-state index contributed by atoms with van der Waals surface area (Å²) >= 11 is 0. The zero-order chi connectivity index (χ0) is 10.9. The van der Waals surface area contributed by atoms with Crippen molar-refractivity contribution in [1.82, 2.24) is 0 Å². The van der Waals surface area contributed by atoms with Gasteiger partial charge < -0.3 is 13.3 Å². The largest absolute Gasteiger partial charge is 0.507 e. The molecule has 15 heavy (non-hydrogen) atoms. The van der Waals surface area contributed by atoms with Gasteiger partial charge in [-0.3, -0.25) is 0 Å². The molecule has 0 aliphatic heterocycles. The topological polar surface area (TPSA) is 27.7 Å². The summed E-state index contributed by atoms with van der Waals surface area (Å²) in [5.74, 6) is 0.943. The molecule has 0 spiro atoms. The van der Waals surface area contributed by atoms with Crippen molar-refractivity contribution >= 4 is 8.80 Å². The summed E-state index contributed by atoms with van der Waals surface area (Å²) in [5.41, 5.74) is 0. The molecular weight excluding hydrogens is 208 g/mol. The van der Waals surface area contributed by atoms with Crippen molar-refractivity contribution in [3.05, 3.63) is 0 Å². The van der Waals surface area contributed by atoms with Crippen LogP contribution in [0.25, 0.3) is 0 Å². The number of rotatable bonds is 7. The highest BCUT2D eigenvalue weighted by molar-refractivity contribution is 6.65. The van der Waals surface area contributed by atoms with Gasteiger partial charge in [-0.2, -0.15) is 0 Å². The molecule has 3 saturated carbocycles. The van der Waals surface area contributed by atoms with Crippen LogP contribution in [0.15, 0.2) is 0 Å². The van der Waals surface area contributed by atoms with Crippen molar-refractivity contribution in [1.29, 1.82) is 0 Å². The average molecular weight is 230 g/mol. The van der Waals surface area contributed by atoms with Crippen molar-refractivity contribution < 1.29 is 13.3 Å². The first-order chi connectivity index (χ1) is 7.22. The summed E-state index contributed by atoms with van der Waals surface area (Å²) in [6.07, 6.45) is 3.83. The van der Waals surface area contributed by atoms with E-state index in [1.807, 2.05) is 20.8 Å². The lowest BCUT2D eigenvalue weighted by Crippen LogP contribution is -2.67. The van der Waals surface area contributed by atoms with E-state index in [2.05, 4.69) is 0 Å². The summed E-state index contributed by atoms with van der Waals surface area (Å²) in [5, 5.41) is 0.305. The van der Waals surface area contributed by atoms with Crippen molar-refractivity contribution in [3.63, 3.8) is 0 Å². The second kappa shape index (κ2) is 4.16. The highest BCUT2D eigenvalue weighted by atomic mass is 28.4. The van der Waals surface area contributed by atoms with E-state index in [4.69, 9.17) is 13.3 Å². The quantitative estimate of drug-likeness (QED) is 0.629. The maximum absolute atomic E-state index is 5.95. The molecule has 3 aliphatic carbocycles. The van der Waals surface area contributed by atoms with Crippen molar-refractivity contribution in [2.24, 2.45) is 5.92 Å². The molecule has 0 aromatic rings. The normalized spacial score (nSPS) is 33.4. The molecule has 0 N–H and O–H groups in total. The third-order valence-corrected chi connectivity index (χ3v) is 7.61. The zero-order valence-electron chi connectivity index (χ0n) is 10.0. The van der Waals surface area contributed by atoms with Crippen LogP contribution in [0.3, 0.4) is 0 Å². The van der Waals surface area contributed by atoms with E-state index in [1.54, 1.807) is 0 Å². The van der Waals surface area contributed by atoms with Crippen LogP contribution in [-0.2, 0) is 13.3 Å². The van der Waals surface area contributed by atoms with Gasteiger partial charge in [-0.1, -0.05) is 0 Å². The van der Waals surface area contributed by atoms with Crippen LogP contribution >= 0.6 is 0 Å². The fraction of sp³-hybridized carbons (Fsp3) is 1.00. The minimum Gasteiger partial charge on any atom is -0.373 e. The summed E-state index contributed by atoms with van der Waals surface area (Å²) in [6, 6.07) is 0. The molecule has 0 atom stereocenters. The molecule has 0 aromatic heterocycles. The first-order valence-electron chi connectivity index (χ1n) is 6.14. The third-order valence-electron chi connectivity index (χ3n) is 3.69. The van der Waals surface area contributed by atoms with Gasteiger partial charge in [0.15, 0.2) is 0 Å². The van der Waals surface area contributed by atoms with Gasteiger partial charge in [0.05, 0.1) is 0 Å². The molecule has 2 bridgehead atoms. The maximum Gasteiger partial charge on any atom is 0.507 e. The lowest BCUT2D eigenvalue weighted by atomic mass is 9.55. The van der Waals surface area contributed by atoms with Gasteiger partial charge in [0, 0.05) is 24.9 Å². The van der Waals surface area contributed by atoms with Crippen molar-refractivity contribution in [2.75, 3.05) is 19.8 Å². The molecule has 3 aliphatic rings. The van der Waals surface area contributed by atoms with Gasteiger partial charge in [0.2, 0.25) is 0 Å². The Labute approximate surface area is 93.5 Å². The molecule has 0 aromatic carbocycles. The van der Waals surface area contributed by atoms with Gasteiger partial charge in [-0.25, -0.2) is 0 Å². The van der Waals surface area contributed by atoms with Crippen LogP contribution in [-0.4, -0.2) is 28.6 Å². The van der Waals surface area contributed by atoms with Crippen LogP contribution < -0.4 is 0 Å². The standard InChI is InChI=1S/C11H22O3Si/c1-4-12-15(13-5-2,14-6-3)11-7-10(8-11)9-11/h10H,4-9H2,1-3H3. The van der Waals surface area contributed by atoms with Crippen LogP contribution in [0, 0.1) is 5.92 Å². The zero-order valence-corrected chi connectivity index (χ0v) is 11.0. The monoisotopic (exact) mass is 230 g/mol. The Morgan fingerprint density at radius 2 is 1.33 bits per heavy atom. The smallest absolute Gasteiger partial charge is 0.373 e. The lowest BCUT2D eigenvalue weighted by Gasteiger charge is -2.65. The molecule has 3 rings (SSSR count). The second-order valence-corrected chi connectivity index (χ2v) is 7.65. The van der Waals surface area contributed by atoms with E-state index in [1.165, 1.54) is 19.3 Å². The molecular formula is C11H22O3Si. The van der Waals surface area contributed by atoms with Gasteiger partial charge in [-0.15, -0.1) is 0 Å². The Bertz CT molecular complexity index is 198. The second-order valence-electron chi connectivity index (χ2n) is 4.61. The van der Waals surface area contributed by atoms with E-state index in [9.17, 15) is 0 Å². The summed E-state index contributed by atoms with van der Waals surface area (Å²) < 4.78 is 17.8. The molecule has 0 unspecified atom stereocenters. The summed E-state index contributed by atoms with van der Waals surface area (Å²) in [4.78, 5) is 0. The molecule has 4 heteroatoms. The first-order valence-corrected chi connectivity index (χ1v) is 7.86. The summed E-state index contributed by atoms with van der Waals surface area (Å²) in [6.45, 7) is 8.22. The number of hydrogen-bond donors (Lipinski definition) is 0. The molecule has 0 heterocycles. The molecule has 0 radical (unpaired) electrons. The minimum atomic E-state index is -2.37. The van der Waals surface area contributed by atoms with Crippen LogP contribution in [0.4, 0.5) is 0 Å². The highest BCUT2D eigenvalue weighted by Gasteiger charge is 2.74. The molecule has 0 saturated heterocycles. The molecule has 88 valence electrons. The van der Waals surface area contributed by atoms with E-state index < -0.39 is 8.80 Å².